The fraction of sp³-hybridized carbons (Fsp3) is 0.286. The Morgan fingerprint density at radius 1 is 1.04 bits per heavy atom. The van der Waals surface area contributed by atoms with Gasteiger partial charge < -0.3 is 20.0 Å². The van der Waals surface area contributed by atoms with Crippen molar-refractivity contribution in [2.24, 2.45) is 0 Å². The van der Waals surface area contributed by atoms with E-state index in [4.69, 9.17) is 4.42 Å². The minimum Gasteiger partial charge on any atom is -0.459 e. The van der Waals surface area contributed by atoms with Crippen LogP contribution in [-0.4, -0.2) is 29.0 Å². The number of benzene rings is 1. The van der Waals surface area contributed by atoms with E-state index in [9.17, 15) is 4.79 Å². The van der Waals surface area contributed by atoms with Crippen LogP contribution in [0, 0.1) is 6.92 Å². The molecule has 0 aliphatic carbocycles. The summed E-state index contributed by atoms with van der Waals surface area (Å²) in [6.07, 6.45) is 5.17. The molecular formula is C21H23N5O2. The lowest BCUT2D eigenvalue weighted by Gasteiger charge is -2.28. The molecule has 3 heterocycles. The van der Waals surface area contributed by atoms with Crippen LogP contribution >= 0.6 is 0 Å². The Morgan fingerprint density at radius 3 is 2.50 bits per heavy atom. The minimum absolute atomic E-state index is 0.278. The van der Waals surface area contributed by atoms with Crippen molar-refractivity contribution in [2.45, 2.75) is 26.2 Å². The number of nitrogens with zero attached hydrogens (tertiary/aromatic N) is 3. The van der Waals surface area contributed by atoms with Crippen LogP contribution in [0.2, 0.25) is 0 Å². The van der Waals surface area contributed by atoms with Gasteiger partial charge >= 0.3 is 0 Å². The van der Waals surface area contributed by atoms with E-state index in [2.05, 4.69) is 25.5 Å². The number of furan rings is 1. The summed E-state index contributed by atoms with van der Waals surface area (Å²) in [5, 5.41) is 6.05. The van der Waals surface area contributed by atoms with Crippen molar-refractivity contribution in [3.8, 4) is 0 Å². The Morgan fingerprint density at radius 2 is 1.79 bits per heavy atom. The van der Waals surface area contributed by atoms with Gasteiger partial charge in [0.2, 0.25) is 5.95 Å². The molecule has 1 saturated heterocycles. The number of hydrogen-bond acceptors (Lipinski definition) is 6. The van der Waals surface area contributed by atoms with Gasteiger partial charge in [0, 0.05) is 36.2 Å². The van der Waals surface area contributed by atoms with Crippen molar-refractivity contribution in [1.29, 1.82) is 0 Å². The molecule has 0 radical (unpaired) electrons. The molecule has 4 rings (SSSR count). The van der Waals surface area contributed by atoms with E-state index in [-0.39, 0.29) is 11.7 Å². The molecule has 0 saturated carbocycles. The SMILES string of the molecule is Cc1cc(N2CCCCC2)nc(Nc2ccc(NC(=O)c3ccco3)cc2)n1. The zero-order chi connectivity index (χ0) is 19.3. The second kappa shape index (κ2) is 8.12. The summed E-state index contributed by atoms with van der Waals surface area (Å²) >= 11 is 0. The summed E-state index contributed by atoms with van der Waals surface area (Å²) in [5.41, 5.74) is 2.47. The second-order valence-electron chi connectivity index (χ2n) is 6.87. The normalized spacial score (nSPS) is 14.0. The Balaban J connectivity index is 1.44. The molecule has 1 aliphatic heterocycles. The lowest BCUT2D eigenvalue weighted by molar-refractivity contribution is 0.0996. The highest BCUT2D eigenvalue weighted by atomic mass is 16.3. The predicted molar refractivity (Wildman–Crippen MR) is 109 cm³/mol. The van der Waals surface area contributed by atoms with Crippen molar-refractivity contribution in [1.82, 2.24) is 9.97 Å². The molecule has 0 spiro atoms. The van der Waals surface area contributed by atoms with E-state index in [0.29, 0.717) is 11.6 Å². The van der Waals surface area contributed by atoms with Gasteiger partial charge in [-0.3, -0.25) is 4.79 Å². The fourth-order valence-electron chi connectivity index (χ4n) is 3.26. The number of aryl methyl sites for hydroxylation is 1. The Kier molecular flexibility index (Phi) is 5.23. The maximum Gasteiger partial charge on any atom is 0.291 e. The standard InChI is InChI=1S/C21H23N5O2/c1-15-14-19(26-11-3-2-4-12-26)25-21(22-15)24-17-9-7-16(8-10-17)23-20(27)18-6-5-13-28-18/h5-10,13-14H,2-4,11-12H2,1H3,(H,23,27)(H,22,24,25). The van der Waals surface area contributed by atoms with Gasteiger partial charge in [-0.15, -0.1) is 0 Å². The van der Waals surface area contributed by atoms with E-state index in [1.807, 2.05) is 37.3 Å². The zero-order valence-corrected chi connectivity index (χ0v) is 15.8. The highest BCUT2D eigenvalue weighted by molar-refractivity contribution is 6.02. The molecule has 7 nitrogen and oxygen atoms in total. The molecule has 2 N–H and O–H groups in total. The molecule has 3 aromatic rings. The lowest BCUT2D eigenvalue weighted by Crippen LogP contribution is -2.30. The number of aromatic nitrogens is 2. The average molecular weight is 377 g/mol. The largest absolute Gasteiger partial charge is 0.459 e. The maximum absolute atomic E-state index is 12.0. The first kappa shape index (κ1) is 18.0. The van der Waals surface area contributed by atoms with Crippen molar-refractivity contribution in [2.75, 3.05) is 28.6 Å². The lowest BCUT2D eigenvalue weighted by atomic mass is 10.1. The molecule has 1 fully saturated rings. The number of carbonyl (C=O) groups excluding carboxylic acids is 1. The van der Waals surface area contributed by atoms with Crippen molar-refractivity contribution < 1.29 is 9.21 Å². The van der Waals surface area contributed by atoms with Crippen LogP contribution in [0.25, 0.3) is 0 Å². The van der Waals surface area contributed by atoms with Gasteiger partial charge in [0.05, 0.1) is 6.26 Å². The van der Waals surface area contributed by atoms with E-state index in [1.54, 1.807) is 12.1 Å². The smallest absolute Gasteiger partial charge is 0.291 e. The molecule has 7 heteroatoms. The van der Waals surface area contributed by atoms with Crippen LogP contribution in [-0.2, 0) is 0 Å². The van der Waals surface area contributed by atoms with E-state index >= 15 is 0 Å². The zero-order valence-electron chi connectivity index (χ0n) is 15.8. The van der Waals surface area contributed by atoms with Crippen LogP contribution in [0.15, 0.2) is 53.1 Å². The van der Waals surface area contributed by atoms with Crippen LogP contribution in [0.5, 0.6) is 0 Å². The second-order valence-corrected chi connectivity index (χ2v) is 6.87. The molecule has 1 amide bonds. The summed E-state index contributed by atoms with van der Waals surface area (Å²) in [5.74, 6) is 1.55. The molecule has 0 atom stereocenters. The van der Waals surface area contributed by atoms with Gasteiger partial charge in [0.25, 0.3) is 5.91 Å². The molecule has 28 heavy (non-hydrogen) atoms. The predicted octanol–water partition coefficient (Wildman–Crippen LogP) is 4.36. The number of carbonyl (C=O) groups is 1. The van der Waals surface area contributed by atoms with Gasteiger partial charge in [-0.05, 0) is 62.6 Å². The van der Waals surface area contributed by atoms with Gasteiger partial charge in [-0.2, -0.15) is 4.98 Å². The van der Waals surface area contributed by atoms with E-state index in [0.717, 1.165) is 30.3 Å². The summed E-state index contributed by atoms with van der Waals surface area (Å²) in [7, 11) is 0. The van der Waals surface area contributed by atoms with Crippen LogP contribution < -0.4 is 15.5 Å². The first-order chi connectivity index (χ1) is 13.7. The highest BCUT2D eigenvalue weighted by Crippen LogP contribution is 2.22. The third kappa shape index (κ3) is 4.31. The third-order valence-electron chi connectivity index (χ3n) is 4.66. The maximum atomic E-state index is 12.0. The molecule has 1 aromatic carbocycles. The van der Waals surface area contributed by atoms with Crippen LogP contribution in [0.1, 0.15) is 35.5 Å². The number of piperidine rings is 1. The summed E-state index contributed by atoms with van der Waals surface area (Å²) < 4.78 is 5.10. The topological polar surface area (TPSA) is 83.3 Å². The van der Waals surface area contributed by atoms with Crippen molar-refractivity contribution in [3.05, 3.63) is 60.2 Å². The van der Waals surface area contributed by atoms with Crippen molar-refractivity contribution in [3.63, 3.8) is 0 Å². The third-order valence-corrected chi connectivity index (χ3v) is 4.66. The van der Waals surface area contributed by atoms with Crippen molar-refractivity contribution >= 4 is 29.0 Å². The van der Waals surface area contributed by atoms with Gasteiger partial charge in [0.1, 0.15) is 5.82 Å². The Hall–Kier alpha value is -3.35. The number of hydrogen-bond donors (Lipinski definition) is 2. The van der Waals surface area contributed by atoms with E-state index < -0.39 is 0 Å². The van der Waals surface area contributed by atoms with Gasteiger partial charge in [-0.25, -0.2) is 4.98 Å². The molecule has 1 aliphatic rings. The first-order valence-electron chi connectivity index (χ1n) is 9.50. The monoisotopic (exact) mass is 377 g/mol. The average Bonchev–Trinajstić information content (AvgIpc) is 3.25. The molecule has 0 bridgehead atoms. The highest BCUT2D eigenvalue weighted by Gasteiger charge is 2.14. The summed E-state index contributed by atoms with van der Waals surface area (Å²) in [6, 6.07) is 12.7. The molecule has 144 valence electrons. The number of amides is 1. The number of nitrogens with one attached hydrogen (secondary N) is 2. The molecule has 2 aromatic heterocycles. The summed E-state index contributed by atoms with van der Waals surface area (Å²) in [6.45, 7) is 4.06. The quantitative estimate of drug-likeness (QED) is 0.687. The van der Waals surface area contributed by atoms with Gasteiger partial charge in [0.15, 0.2) is 5.76 Å². The Labute approximate surface area is 163 Å². The molecular weight excluding hydrogens is 354 g/mol. The summed E-state index contributed by atoms with van der Waals surface area (Å²) in [4.78, 5) is 23.5. The fourth-order valence-corrected chi connectivity index (χ4v) is 3.26. The first-order valence-corrected chi connectivity index (χ1v) is 9.50. The minimum atomic E-state index is -0.279. The molecule has 0 unspecified atom stereocenters. The van der Waals surface area contributed by atoms with Gasteiger partial charge in [-0.1, -0.05) is 0 Å². The van der Waals surface area contributed by atoms with E-state index in [1.165, 1.54) is 25.5 Å². The number of rotatable bonds is 5. The number of anilines is 4. The van der Waals surface area contributed by atoms with Crippen LogP contribution in [0.3, 0.4) is 0 Å². The Bertz CT molecular complexity index is 932. The van der Waals surface area contributed by atoms with Crippen LogP contribution in [0.4, 0.5) is 23.1 Å².